The largest absolute Gasteiger partial charge is 0.347 e. The molecule has 0 saturated carbocycles. The first-order chi connectivity index (χ1) is 4.30. The van der Waals surface area contributed by atoms with Gasteiger partial charge in [-0.1, -0.05) is 0 Å². The fraction of sp³-hybridized carbons (Fsp3) is 0.400. The second-order valence-electron chi connectivity index (χ2n) is 1.83. The van der Waals surface area contributed by atoms with Crippen LogP contribution in [0.4, 0.5) is 5.95 Å². The Labute approximate surface area is 65.7 Å². The molecule has 0 atom stereocenters. The summed E-state index contributed by atoms with van der Waals surface area (Å²) in [6.45, 7) is 0. The minimum Gasteiger partial charge on any atom is -0.347 e. The van der Waals surface area contributed by atoms with Gasteiger partial charge in [0, 0.05) is 14.1 Å². The normalized spacial score (nSPS) is 8.20. The Morgan fingerprint density at radius 3 is 2.00 bits per heavy atom. The van der Waals surface area contributed by atoms with Crippen LogP contribution in [0.15, 0.2) is 12.7 Å². The molecule has 0 bridgehead atoms. The smallest absolute Gasteiger partial charge is 0.227 e. The van der Waals surface area contributed by atoms with Gasteiger partial charge in [0.05, 0.1) is 0 Å². The van der Waals surface area contributed by atoms with Crippen LogP contribution in [-0.4, -0.2) is 29.0 Å². The van der Waals surface area contributed by atoms with Gasteiger partial charge in [0.1, 0.15) is 12.7 Å². The third kappa shape index (κ3) is 2.14. The second-order valence-corrected chi connectivity index (χ2v) is 1.83. The Morgan fingerprint density at radius 1 is 1.20 bits per heavy atom. The lowest BCUT2D eigenvalue weighted by atomic mass is 10.8. The van der Waals surface area contributed by atoms with Crippen LogP contribution in [-0.2, 0) is 0 Å². The van der Waals surface area contributed by atoms with E-state index in [9.17, 15) is 0 Å². The molecule has 56 valence electrons. The van der Waals surface area contributed by atoms with E-state index in [1.807, 2.05) is 19.0 Å². The van der Waals surface area contributed by atoms with E-state index in [4.69, 9.17) is 0 Å². The standard InChI is InChI=1S/C5H8N4.ClH/c1-9(2)5-7-3-6-4-8-5;/h3-4H,1-2H3;1H. The quantitative estimate of drug-likeness (QED) is 0.595. The molecule has 0 spiro atoms. The zero-order chi connectivity index (χ0) is 6.69. The van der Waals surface area contributed by atoms with Crippen molar-refractivity contribution in [3.8, 4) is 0 Å². The Kier molecular flexibility index (Phi) is 3.64. The van der Waals surface area contributed by atoms with Crippen LogP contribution in [0.25, 0.3) is 0 Å². The summed E-state index contributed by atoms with van der Waals surface area (Å²) in [4.78, 5) is 13.3. The van der Waals surface area contributed by atoms with E-state index in [1.54, 1.807) is 0 Å². The van der Waals surface area contributed by atoms with Crippen molar-refractivity contribution in [1.29, 1.82) is 0 Å². The summed E-state index contributed by atoms with van der Waals surface area (Å²) in [6, 6.07) is 0. The number of anilines is 1. The van der Waals surface area contributed by atoms with Crippen LogP contribution in [0.1, 0.15) is 0 Å². The number of aromatic nitrogens is 3. The molecule has 0 fully saturated rings. The molecule has 0 aromatic carbocycles. The maximum Gasteiger partial charge on any atom is 0.227 e. The van der Waals surface area contributed by atoms with Gasteiger partial charge in [-0.3, -0.25) is 0 Å². The number of hydrogen-bond acceptors (Lipinski definition) is 4. The summed E-state index contributed by atoms with van der Waals surface area (Å²) in [5, 5.41) is 0. The maximum absolute atomic E-state index is 3.88. The fourth-order valence-corrected chi connectivity index (χ4v) is 0.464. The highest BCUT2D eigenvalue weighted by molar-refractivity contribution is 5.85. The zero-order valence-corrected chi connectivity index (χ0v) is 6.67. The summed E-state index contributed by atoms with van der Waals surface area (Å²) in [6.07, 6.45) is 2.95. The van der Waals surface area contributed by atoms with E-state index in [-0.39, 0.29) is 12.4 Å². The average molecular weight is 161 g/mol. The Hall–Kier alpha value is -0.900. The average Bonchev–Trinajstić information content (AvgIpc) is 1.90. The topological polar surface area (TPSA) is 41.9 Å². The lowest BCUT2D eigenvalue weighted by Gasteiger charge is -2.06. The monoisotopic (exact) mass is 160 g/mol. The lowest BCUT2D eigenvalue weighted by molar-refractivity contribution is 0.955. The molecule has 1 rings (SSSR count). The first-order valence-corrected chi connectivity index (χ1v) is 2.60. The van der Waals surface area contributed by atoms with E-state index in [2.05, 4.69) is 15.0 Å². The van der Waals surface area contributed by atoms with E-state index in [0.717, 1.165) is 0 Å². The molecule has 10 heavy (non-hydrogen) atoms. The minimum atomic E-state index is 0. The van der Waals surface area contributed by atoms with Crippen molar-refractivity contribution in [1.82, 2.24) is 15.0 Å². The minimum absolute atomic E-state index is 0. The molecule has 1 aromatic rings. The number of nitrogens with zero attached hydrogens (tertiary/aromatic N) is 4. The van der Waals surface area contributed by atoms with Crippen molar-refractivity contribution in [2.75, 3.05) is 19.0 Å². The van der Waals surface area contributed by atoms with Crippen molar-refractivity contribution in [3.63, 3.8) is 0 Å². The molecular formula is C5H9ClN4. The highest BCUT2D eigenvalue weighted by Crippen LogP contribution is 1.94. The third-order valence-corrected chi connectivity index (χ3v) is 0.880. The Balaban J connectivity index is 0.000000810. The summed E-state index contributed by atoms with van der Waals surface area (Å²) in [5.74, 6) is 0.685. The van der Waals surface area contributed by atoms with E-state index < -0.39 is 0 Å². The van der Waals surface area contributed by atoms with Crippen molar-refractivity contribution in [2.24, 2.45) is 0 Å². The van der Waals surface area contributed by atoms with E-state index in [0.29, 0.717) is 5.95 Å². The van der Waals surface area contributed by atoms with Gasteiger partial charge < -0.3 is 4.90 Å². The summed E-state index contributed by atoms with van der Waals surface area (Å²) >= 11 is 0. The van der Waals surface area contributed by atoms with Crippen molar-refractivity contribution in [2.45, 2.75) is 0 Å². The molecule has 0 aliphatic carbocycles. The molecule has 1 aromatic heterocycles. The maximum atomic E-state index is 3.88. The van der Waals surface area contributed by atoms with Crippen LogP contribution in [0.5, 0.6) is 0 Å². The summed E-state index contributed by atoms with van der Waals surface area (Å²) < 4.78 is 0. The Morgan fingerprint density at radius 2 is 1.70 bits per heavy atom. The van der Waals surface area contributed by atoms with Gasteiger partial charge in [-0.25, -0.2) is 15.0 Å². The summed E-state index contributed by atoms with van der Waals surface area (Å²) in [7, 11) is 3.77. The molecule has 0 unspecified atom stereocenters. The highest BCUT2D eigenvalue weighted by atomic mass is 35.5. The lowest BCUT2D eigenvalue weighted by Crippen LogP contribution is -2.12. The molecule has 4 nitrogen and oxygen atoms in total. The molecule has 0 aliphatic heterocycles. The number of halogens is 1. The zero-order valence-electron chi connectivity index (χ0n) is 5.85. The molecule has 0 N–H and O–H groups in total. The number of rotatable bonds is 1. The van der Waals surface area contributed by atoms with Crippen LogP contribution in [0.3, 0.4) is 0 Å². The molecule has 5 heteroatoms. The predicted molar refractivity (Wildman–Crippen MR) is 41.4 cm³/mol. The Bertz CT molecular complexity index is 176. The summed E-state index contributed by atoms with van der Waals surface area (Å²) in [5.41, 5.74) is 0. The number of hydrogen-bond donors (Lipinski definition) is 0. The van der Waals surface area contributed by atoms with Crippen LogP contribution < -0.4 is 4.90 Å². The first kappa shape index (κ1) is 9.10. The van der Waals surface area contributed by atoms with Gasteiger partial charge in [-0.05, 0) is 0 Å². The molecule has 0 amide bonds. The van der Waals surface area contributed by atoms with Crippen LogP contribution in [0.2, 0.25) is 0 Å². The fourth-order valence-electron chi connectivity index (χ4n) is 0.464. The molecule has 0 aliphatic rings. The molecular weight excluding hydrogens is 152 g/mol. The van der Waals surface area contributed by atoms with Gasteiger partial charge in [-0.15, -0.1) is 12.4 Å². The molecule has 0 radical (unpaired) electrons. The van der Waals surface area contributed by atoms with Crippen molar-refractivity contribution < 1.29 is 0 Å². The van der Waals surface area contributed by atoms with Crippen molar-refractivity contribution >= 4 is 18.4 Å². The van der Waals surface area contributed by atoms with Crippen LogP contribution >= 0.6 is 12.4 Å². The van der Waals surface area contributed by atoms with Gasteiger partial charge in [0.15, 0.2) is 0 Å². The van der Waals surface area contributed by atoms with Gasteiger partial charge in [-0.2, -0.15) is 0 Å². The SMILES string of the molecule is CN(C)c1ncncn1.Cl. The first-order valence-electron chi connectivity index (χ1n) is 2.60. The van der Waals surface area contributed by atoms with Gasteiger partial charge in [0.25, 0.3) is 0 Å². The highest BCUT2D eigenvalue weighted by Gasteiger charge is 1.92. The molecule has 1 heterocycles. The molecule has 0 saturated heterocycles. The van der Waals surface area contributed by atoms with E-state index >= 15 is 0 Å². The van der Waals surface area contributed by atoms with E-state index in [1.165, 1.54) is 12.7 Å². The third-order valence-electron chi connectivity index (χ3n) is 0.880. The van der Waals surface area contributed by atoms with Crippen molar-refractivity contribution in [3.05, 3.63) is 12.7 Å². The second kappa shape index (κ2) is 4.00. The van der Waals surface area contributed by atoms with Gasteiger partial charge >= 0.3 is 0 Å². The van der Waals surface area contributed by atoms with Gasteiger partial charge in [0.2, 0.25) is 5.95 Å². The van der Waals surface area contributed by atoms with Crippen LogP contribution in [0, 0.1) is 0 Å². The predicted octanol–water partition coefficient (Wildman–Crippen LogP) is 0.359.